The molecule has 1 aromatic heterocycles. The number of hydrogen-bond acceptors (Lipinski definition) is 4. The zero-order chi connectivity index (χ0) is 14.9. The van der Waals surface area contributed by atoms with Crippen molar-refractivity contribution in [3.05, 3.63) is 40.2 Å². The minimum absolute atomic E-state index is 0.311. The van der Waals surface area contributed by atoms with Crippen molar-refractivity contribution in [1.29, 1.82) is 0 Å². The van der Waals surface area contributed by atoms with Crippen molar-refractivity contribution >= 4 is 48.7 Å². The largest absolute Gasteiger partial charge is 0.370 e. The highest BCUT2D eigenvalue weighted by Crippen LogP contribution is 2.32. The Morgan fingerprint density at radius 3 is 2.48 bits per heavy atom. The molecule has 0 saturated carbocycles. The van der Waals surface area contributed by atoms with E-state index in [1.165, 1.54) is 11.3 Å². The van der Waals surface area contributed by atoms with E-state index < -0.39 is 10.0 Å². The lowest BCUT2D eigenvalue weighted by atomic mass is 10.2. The molecule has 1 aliphatic rings. The van der Waals surface area contributed by atoms with Gasteiger partial charge in [-0.2, -0.15) is 0 Å². The van der Waals surface area contributed by atoms with Crippen LogP contribution in [0, 0.1) is 0 Å². The van der Waals surface area contributed by atoms with Gasteiger partial charge in [-0.3, -0.25) is 4.72 Å². The number of halogens is 1. The van der Waals surface area contributed by atoms with Crippen LogP contribution in [0.15, 0.2) is 44.4 Å². The number of anilines is 2. The Labute approximate surface area is 137 Å². The Morgan fingerprint density at radius 2 is 1.81 bits per heavy atom. The predicted molar refractivity (Wildman–Crippen MR) is 90.7 cm³/mol. The standard InChI is InChI=1S/C14H15BrN2O2S2/c15-13-7-8-14(20-13)21(18,19)16-11-5-1-2-6-12(11)17-9-3-4-10-17/h1-2,5-8,16H,3-4,9-10H2. The molecular weight excluding hydrogens is 372 g/mol. The monoisotopic (exact) mass is 386 g/mol. The number of sulfonamides is 1. The Hall–Kier alpha value is -1.05. The van der Waals surface area contributed by atoms with E-state index in [0.717, 1.165) is 35.4 Å². The SMILES string of the molecule is O=S(=O)(Nc1ccccc1N1CCCC1)c1ccc(Br)s1. The lowest BCUT2D eigenvalue weighted by Gasteiger charge is -2.21. The minimum Gasteiger partial charge on any atom is -0.370 e. The number of rotatable bonds is 4. The van der Waals surface area contributed by atoms with Crippen LogP contribution in [-0.4, -0.2) is 21.5 Å². The molecule has 3 rings (SSSR count). The second-order valence-corrected chi connectivity index (χ2v) is 9.25. The number of benzene rings is 1. The third-order valence-corrected chi connectivity index (χ3v) is 6.89. The van der Waals surface area contributed by atoms with Crippen LogP contribution in [0.2, 0.25) is 0 Å². The summed E-state index contributed by atoms with van der Waals surface area (Å²) in [7, 11) is -3.53. The van der Waals surface area contributed by atoms with Gasteiger partial charge in [0.2, 0.25) is 0 Å². The van der Waals surface area contributed by atoms with Gasteiger partial charge in [-0.05, 0) is 53.0 Å². The Bertz CT molecular complexity index is 737. The van der Waals surface area contributed by atoms with E-state index in [4.69, 9.17) is 0 Å². The van der Waals surface area contributed by atoms with E-state index in [-0.39, 0.29) is 0 Å². The van der Waals surface area contributed by atoms with Crippen LogP contribution in [0.25, 0.3) is 0 Å². The van der Waals surface area contributed by atoms with E-state index >= 15 is 0 Å². The third kappa shape index (κ3) is 3.25. The molecule has 0 atom stereocenters. The zero-order valence-electron chi connectivity index (χ0n) is 11.3. The summed E-state index contributed by atoms with van der Waals surface area (Å²) < 4.78 is 28.7. The topological polar surface area (TPSA) is 49.4 Å². The van der Waals surface area contributed by atoms with Crippen LogP contribution in [0.5, 0.6) is 0 Å². The lowest BCUT2D eigenvalue weighted by Crippen LogP contribution is -2.21. The summed E-state index contributed by atoms with van der Waals surface area (Å²) in [5.41, 5.74) is 1.60. The van der Waals surface area contributed by atoms with Crippen molar-refractivity contribution < 1.29 is 8.42 Å². The summed E-state index contributed by atoms with van der Waals surface area (Å²) in [6, 6.07) is 10.9. The van der Waals surface area contributed by atoms with Crippen LogP contribution >= 0.6 is 27.3 Å². The van der Waals surface area contributed by atoms with Crippen LogP contribution in [0.1, 0.15) is 12.8 Å². The Morgan fingerprint density at radius 1 is 1.10 bits per heavy atom. The van der Waals surface area contributed by atoms with Gasteiger partial charge in [-0.15, -0.1) is 11.3 Å². The van der Waals surface area contributed by atoms with Crippen LogP contribution in [0.3, 0.4) is 0 Å². The molecule has 1 aromatic carbocycles. The average Bonchev–Trinajstić information content (AvgIpc) is 3.10. The maximum absolute atomic E-state index is 12.4. The summed E-state index contributed by atoms with van der Waals surface area (Å²) >= 11 is 4.50. The number of nitrogens with zero attached hydrogens (tertiary/aromatic N) is 1. The van der Waals surface area contributed by atoms with Crippen LogP contribution in [0.4, 0.5) is 11.4 Å². The van der Waals surface area contributed by atoms with Crippen molar-refractivity contribution in [2.24, 2.45) is 0 Å². The number of hydrogen-bond donors (Lipinski definition) is 1. The van der Waals surface area contributed by atoms with E-state index in [2.05, 4.69) is 25.6 Å². The highest BCUT2D eigenvalue weighted by Gasteiger charge is 2.21. The smallest absolute Gasteiger partial charge is 0.271 e. The molecule has 112 valence electrons. The first-order valence-corrected chi connectivity index (χ1v) is 9.78. The normalized spacial score (nSPS) is 15.4. The van der Waals surface area contributed by atoms with E-state index in [1.807, 2.05) is 24.3 Å². The Kier molecular flexibility index (Phi) is 4.24. The van der Waals surface area contributed by atoms with Gasteiger partial charge in [0.05, 0.1) is 15.2 Å². The lowest BCUT2D eigenvalue weighted by molar-refractivity contribution is 0.603. The molecule has 1 N–H and O–H groups in total. The summed E-state index contributed by atoms with van der Waals surface area (Å²) in [6.07, 6.45) is 2.30. The van der Waals surface area contributed by atoms with Gasteiger partial charge in [-0.25, -0.2) is 8.42 Å². The van der Waals surface area contributed by atoms with Gasteiger partial charge in [-0.1, -0.05) is 12.1 Å². The predicted octanol–water partition coefficient (Wildman–Crippen LogP) is 3.91. The molecule has 0 spiro atoms. The fourth-order valence-corrected chi connectivity index (χ4v) is 5.52. The molecule has 1 saturated heterocycles. The second-order valence-electron chi connectivity index (χ2n) is 4.88. The molecule has 0 amide bonds. The van der Waals surface area contributed by atoms with Gasteiger partial charge in [0.15, 0.2) is 0 Å². The molecule has 0 radical (unpaired) electrons. The van der Waals surface area contributed by atoms with Gasteiger partial charge in [0.1, 0.15) is 4.21 Å². The maximum atomic E-state index is 12.4. The summed E-state index contributed by atoms with van der Waals surface area (Å²) in [4.78, 5) is 2.22. The van der Waals surface area contributed by atoms with Gasteiger partial charge in [0, 0.05) is 13.1 Å². The molecule has 0 aliphatic carbocycles. The molecule has 0 unspecified atom stereocenters. The Balaban J connectivity index is 1.91. The maximum Gasteiger partial charge on any atom is 0.271 e. The molecule has 4 nitrogen and oxygen atoms in total. The summed E-state index contributed by atoms with van der Waals surface area (Å²) in [6.45, 7) is 1.95. The van der Waals surface area contributed by atoms with Crippen LogP contribution < -0.4 is 9.62 Å². The zero-order valence-corrected chi connectivity index (χ0v) is 14.5. The van der Waals surface area contributed by atoms with Crippen LogP contribution in [-0.2, 0) is 10.0 Å². The molecule has 1 fully saturated rings. The molecule has 21 heavy (non-hydrogen) atoms. The van der Waals surface area contributed by atoms with E-state index in [1.54, 1.807) is 12.1 Å². The molecule has 2 heterocycles. The number of thiophene rings is 1. The van der Waals surface area contributed by atoms with Crippen molar-refractivity contribution in [1.82, 2.24) is 0 Å². The van der Waals surface area contributed by atoms with Crippen molar-refractivity contribution in [3.63, 3.8) is 0 Å². The second kappa shape index (κ2) is 5.98. The van der Waals surface area contributed by atoms with Crippen molar-refractivity contribution in [3.8, 4) is 0 Å². The van der Waals surface area contributed by atoms with Gasteiger partial charge < -0.3 is 4.90 Å². The van der Waals surface area contributed by atoms with Crippen molar-refractivity contribution in [2.75, 3.05) is 22.7 Å². The number of para-hydroxylation sites is 2. The molecule has 1 aliphatic heterocycles. The third-order valence-electron chi connectivity index (χ3n) is 3.41. The van der Waals surface area contributed by atoms with E-state index in [0.29, 0.717) is 9.90 Å². The van der Waals surface area contributed by atoms with E-state index in [9.17, 15) is 8.42 Å². The first-order valence-electron chi connectivity index (χ1n) is 6.68. The average molecular weight is 387 g/mol. The molecule has 7 heteroatoms. The first kappa shape index (κ1) is 14.9. The fraction of sp³-hybridized carbons (Fsp3) is 0.286. The quantitative estimate of drug-likeness (QED) is 0.866. The summed E-state index contributed by atoms with van der Waals surface area (Å²) in [5.74, 6) is 0. The molecule has 2 aromatic rings. The van der Waals surface area contributed by atoms with Gasteiger partial charge in [0.25, 0.3) is 10.0 Å². The van der Waals surface area contributed by atoms with Gasteiger partial charge >= 0.3 is 0 Å². The minimum atomic E-state index is -3.53. The highest BCUT2D eigenvalue weighted by atomic mass is 79.9. The molecule has 0 bridgehead atoms. The summed E-state index contributed by atoms with van der Waals surface area (Å²) in [5, 5.41) is 0. The van der Waals surface area contributed by atoms with Crippen molar-refractivity contribution in [2.45, 2.75) is 17.1 Å². The molecular formula is C14H15BrN2O2S2. The number of nitrogens with one attached hydrogen (secondary N) is 1. The fourth-order valence-electron chi connectivity index (χ4n) is 2.43. The highest BCUT2D eigenvalue weighted by molar-refractivity contribution is 9.11. The first-order chi connectivity index (χ1) is 10.1.